The number of aliphatic hydroxyl groups excluding tert-OH is 1. The molecular weight excluding hydrogens is 259 g/mol. The third kappa shape index (κ3) is 3.80. The number of alkyl halides is 5. The third-order valence-electron chi connectivity index (χ3n) is 2.12. The molecule has 3 nitrogen and oxygen atoms in total. The molecule has 0 amide bonds. The van der Waals surface area contributed by atoms with Gasteiger partial charge in [-0.15, -0.1) is 0 Å². The zero-order valence-electron chi connectivity index (χ0n) is 9.16. The number of aliphatic hydroxyl groups is 1. The highest BCUT2D eigenvalue weighted by Crippen LogP contribution is 2.35. The predicted octanol–water partition coefficient (Wildman–Crippen LogP) is 2.16. The molecule has 1 aromatic rings. The number of hydrogen-bond donors (Lipinski definition) is 1. The molecule has 0 aliphatic carbocycles. The summed E-state index contributed by atoms with van der Waals surface area (Å²) in [5, 5.41) is 8.71. The minimum atomic E-state index is -4.68. The predicted molar refractivity (Wildman–Crippen MR) is 54.5 cm³/mol. The van der Waals surface area contributed by atoms with Crippen LogP contribution in [0.4, 0.5) is 27.8 Å². The van der Waals surface area contributed by atoms with Gasteiger partial charge in [-0.2, -0.15) is 13.2 Å². The molecule has 8 heteroatoms. The van der Waals surface area contributed by atoms with Gasteiger partial charge in [0.2, 0.25) is 0 Å². The van der Waals surface area contributed by atoms with E-state index in [1.807, 2.05) is 0 Å². The van der Waals surface area contributed by atoms with Crippen molar-refractivity contribution >= 4 is 5.82 Å². The number of pyridine rings is 1. The largest absolute Gasteiger partial charge is 0.419 e. The molecule has 0 aromatic carbocycles. The van der Waals surface area contributed by atoms with Crippen LogP contribution in [-0.2, 0) is 6.18 Å². The fraction of sp³-hybridized carbons (Fsp3) is 0.500. The van der Waals surface area contributed by atoms with E-state index in [0.29, 0.717) is 4.90 Å². The molecule has 18 heavy (non-hydrogen) atoms. The van der Waals surface area contributed by atoms with Crippen LogP contribution in [0.3, 0.4) is 0 Å². The summed E-state index contributed by atoms with van der Waals surface area (Å²) < 4.78 is 62.6. The second-order valence-electron chi connectivity index (χ2n) is 3.43. The monoisotopic (exact) mass is 270 g/mol. The highest BCUT2D eigenvalue weighted by molar-refractivity contribution is 5.48. The molecular formula is C10H11F5N2O. The van der Waals surface area contributed by atoms with Crippen molar-refractivity contribution in [3.8, 4) is 0 Å². The van der Waals surface area contributed by atoms with Crippen LogP contribution in [0.5, 0.6) is 0 Å². The summed E-state index contributed by atoms with van der Waals surface area (Å²) in [5.74, 6) is -0.598. The molecule has 0 atom stereocenters. The maximum absolute atomic E-state index is 12.7. The summed E-state index contributed by atoms with van der Waals surface area (Å²) >= 11 is 0. The van der Waals surface area contributed by atoms with Gasteiger partial charge in [0.05, 0.1) is 18.7 Å². The summed E-state index contributed by atoms with van der Waals surface area (Å²) in [6, 6.07) is 1.84. The average molecular weight is 270 g/mol. The Hall–Kier alpha value is -1.44. The zero-order valence-corrected chi connectivity index (χ0v) is 9.16. The van der Waals surface area contributed by atoms with Crippen LogP contribution in [0.15, 0.2) is 18.3 Å². The molecule has 0 bridgehead atoms. The number of halogens is 5. The Morgan fingerprint density at radius 2 is 2.00 bits per heavy atom. The van der Waals surface area contributed by atoms with Crippen LogP contribution < -0.4 is 4.90 Å². The number of aromatic nitrogens is 1. The van der Waals surface area contributed by atoms with Crippen molar-refractivity contribution in [3.05, 3.63) is 23.9 Å². The molecule has 0 spiro atoms. The van der Waals surface area contributed by atoms with E-state index >= 15 is 0 Å². The second kappa shape index (κ2) is 5.94. The van der Waals surface area contributed by atoms with E-state index in [-0.39, 0.29) is 6.54 Å². The first kappa shape index (κ1) is 14.6. The molecule has 0 fully saturated rings. The Balaban J connectivity index is 3.11. The van der Waals surface area contributed by atoms with Gasteiger partial charge in [0.1, 0.15) is 5.82 Å². The molecule has 0 aliphatic rings. The first-order valence-corrected chi connectivity index (χ1v) is 5.02. The highest BCUT2D eigenvalue weighted by atomic mass is 19.4. The lowest BCUT2D eigenvalue weighted by molar-refractivity contribution is -0.137. The maximum Gasteiger partial charge on any atom is 0.419 e. The summed E-state index contributed by atoms with van der Waals surface area (Å²) in [5.41, 5.74) is -1.10. The minimum Gasteiger partial charge on any atom is -0.395 e. The number of hydrogen-bond acceptors (Lipinski definition) is 3. The van der Waals surface area contributed by atoms with E-state index in [9.17, 15) is 22.0 Å². The lowest BCUT2D eigenvalue weighted by Crippen LogP contribution is -2.34. The number of anilines is 1. The molecule has 0 saturated heterocycles. The van der Waals surface area contributed by atoms with Crippen LogP contribution in [0, 0.1) is 0 Å². The van der Waals surface area contributed by atoms with Gasteiger partial charge in [0, 0.05) is 12.7 Å². The van der Waals surface area contributed by atoms with Gasteiger partial charge in [0.15, 0.2) is 0 Å². The lowest BCUT2D eigenvalue weighted by Gasteiger charge is -2.25. The van der Waals surface area contributed by atoms with Crippen molar-refractivity contribution < 1.29 is 27.1 Å². The van der Waals surface area contributed by atoms with Gasteiger partial charge in [-0.25, -0.2) is 13.8 Å². The van der Waals surface area contributed by atoms with Gasteiger partial charge in [-0.1, -0.05) is 0 Å². The number of rotatable bonds is 5. The fourth-order valence-electron chi connectivity index (χ4n) is 1.44. The molecule has 0 aliphatic heterocycles. The average Bonchev–Trinajstić information content (AvgIpc) is 2.27. The van der Waals surface area contributed by atoms with E-state index in [1.54, 1.807) is 0 Å². The van der Waals surface area contributed by atoms with Crippen molar-refractivity contribution in [3.63, 3.8) is 0 Å². The molecule has 102 valence electrons. The van der Waals surface area contributed by atoms with Gasteiger partial charge < -0.3 is 10.0 Å². The van der Waals surface area contributed by atoms with Gasteiger partial charge in [-0.3, -0.25) is 0 Å². The minimum absolute atomic E-state index is 0.343. The van der Waals surface area contributed by atoms with E-state index < -0.39 is 37.1 Å². The van der Waals surface area contributed by atoms with Crippen LogP contribution >= 0.6 is 0 Å². The Labute approximate surface area is 99.9 Å². The van der Waals surface area contributed by atoms with E-state index in [1.165, 1.54) is 0 Å². The zero-order chi connectivity index (χ0) is 13.8. The number of nitrogens with zero attached hydrogens (tertiary/aromatic N) is 2. The molecule has 1 N–H and O–H groups in total. The standard InChI is InChI=1S/C10H11F5N2O/c11-8(12)6-17(4-5-18)9-7(10(13,14)15)2-1-3-16-9/h1-3,8,18H,4-6H2. The first-order valence-electron chi connectivity index (χ1n) is 5.02. The normalized spacial score (nSPS) is 11.9. The summed E-state index contributed by atoms with van der Waals surface area (Å²) in [6.07, 6.45) is -6.42. The van der Waals surface area contributed by atoms with Gasteiger partial charge in [-0.05, 0) is 12.1 Å². The van der Waals surface area contributed by atoms with Crippen molar-refractivity contribution in [2.75, 3.05) is 24.6 Å². The van der Waals surface area contributed by atoms with Crippen molar-refractivity contribution in [1.29, 1.82) is 0 Å². The molecule has 0 radical (unpaired) electrons. The highest BCUT2D eigenvalue weighted by Gasteiger charge is 2.35. The van der Waals surface area contributed by atoms with Crippen LogP contribution in [0.2, 0.25) is 0 Å². The Morgan fingerprint density at radius 1 is 1.33 bits per heavy atom. The molecule has 1 heterocycles. The Morgan fingerprint density at radius 3 is 2.50 bits per heavy atom. The van der Waals surface area contributed by atoms with Crippen molar-refractivity contribution in [2.45, 2.75) is 12.6 Å². The quantitative estimate of drug-likeness (QED) is 0.833. The summed E-state index contributed by atoms with van der Waals surface area (Å²) in [7, 11) is 0. The van der Waals surface area contributed by atoms with Crippen molar-refractivity contribution in [1.82, 2.24) is 4.98 Å². The lowest BCUT2D eigenvalue weighted by atomic mass is 10.2. The van der Waals surface area contributed by atoms with Crippen LogP contribution in [0.1, 0.15) is 5.56 Å². The smallest absolute Gasteiger partial charge is 0.395 e. The molecule has 0 saturated carbocycles. The topological polar surface area (TPSA) is 36.4 Å². The first-order chi connectivity index (χ1) is 8.36. The fourth-order valence-corrected chi connectivity index (χ4v) is 1.44. The van der Waals surface area contributed by atoms with E-state index in [2.05, 4.69) is 4.98 Å². The third-order valence-corrected chi connectivity index (χ3v) is 2.12. The Bertz CT molecular complexity index is 383. The SMILES string of the molecule is OCCN(CC(F)F)c1ncccc1C(F)(F)F. The van der Waals surface area contributed by atoms with Gasteiger partial charge in [0.25, 0.3) is 6.43 Å². The van der Waals surface area contributed by atoms with E-state index in [4.69, 9.17) is 5.11 Å². The van der Waals surface area contributed by atoms with Gasteiger partial charge >= 0.3 is 6.18 Å². The Kier molecular flexibility index (Phi) is 4.83. The van der Waals surface area contributed by atoms with Crippen molar-refractivity contribution in [2.24, 2.45) is 0 Å². The second-order valence-corrected chi connectivity index (χ2v) is 3.43. The van der Waals surface area contributed by atoms with E-state index in [0.717, 1.165) is 18.3 Å². The van der Waals surface area contributed by atoms with Crippen LogP contribution in [-0.4, -0.2) is 36.2 Å². The summed E-state index contributed by atoms with van der Waals surface area (Å²) in [6.45, 7) is -1.80. The molecule has 1 aromatic heterocycles. The molecule has 1 rings (SSSR count). The van der Waals surface area contributed by atoms with Crippen LogP contribution in [0.25, 0.3) is 0 Å². The molecule has 0 unspecified atom stereocenters. The summed E-state index contributed by atoms with van der Waals surface area (Å²) in [4.78, 5) is 4.19. The maximum atomic E-state index is 12.7.